The van der Waals surface area contributed by atoms with Crippen molar-refractivity contribution in [1.82, 2.24) is 0 Å². The van der Waals surface area contributed by atoms with Crippen LogP contribution < -0.4 is 4.74 Å². The van der Waals surface area contributed by atoms with Gasteiger partial charge in [0, 0.05) is 12.5 Å². The van der Waals surface area contributed by atoms with E-state index in [2.05, 4.69) is 0 Å². The van der Waals surface area contributed by atoms with Crippen LogP contribution in [0.2, 0.25) is 0 Å². The normalized spacial score (nSPS) is 11.9. The van der Waals surface area contributed by atoms with Crippen LogP contribution in [0.5, 0.6) is 5.75 Å². The number of methoxy groups -OCH3 is 1. The average molecular weight is 288 g/mol. The minimum absolute atomic E-state index is 0.0292. The van der Waals surface area contributed by atoms with Crippen LogP contribution in [0, 0.1) is 10.1 Å². The maximum Gasteiger partial charge on any atom is 0.311 e. The Morgan fingerprint density at radius 3 is 2.79 bits per heavy atom. The van der Waals surface area contributed by atoms with Crippen molar-refractivity contribution in [2.24, 2.45) is 0 Å². The lowest BCUT2D eigenvalue weighted by Gasteiger charge is -2.10. The smallest absolute Gasteiger partial charge is 0.311 e. The molecule has 0 saturated heterocycles. The number of nitro benzene ring substituents is 1. The van der Waals surface area contributed by atoms with Gasteiger partial charge >= 0.3 is 11.7 Å². The van der Waals surface area contributed by atoms with E-state index in [9.17, 15) is 14.9 Å². The summed E-state index contributed by atoms with van der Waals surface area (Å²) in [6.45, 7) is 0. The number of hydrogen-bond donors (Lipinski definition) is 1. The first-order valence-corrected chi connectivity index (χ1v) is 6.07. The van der Waals surface area contributed by atoms with Gasteiger partial charge in [0.2, 0.25) is 0 Å². The van der Waals surface area contributed by atoms with Crippen LogP contribution >= 0.6 is 11.6 Å². The Morgan fingerprint density at radius 2 is 2.26 bits per heavy atom. The highest BCUT2D eigenvalue weighted by Crippen LogP contribution is 2.33. The Hall–Kier alpha value is -1.82. The van der Waals surface area contributed by atoms with Gasteiger partial charge in [-0.05, 0) is 24.5 Å². The van der Waals surface area contributed by atoms with Gasteiger partial charge in [0.25, 0.3) is 0 Å². The fraction of sp³-hybridized carbons (Fsp3) is 0.417. The number of nitro groups is 1. The molecule has 0 aliphatic carbocycles. The van der Waals surface area contributed by atoms with E-state index in [1.54, 1.807) is 6.07 Å². The number of aliphatic carboxylic acids is 1. The lowest BCUT2D eigenvalue weighted by atomic mass is 10.1. The van der Waals surface area contributed by atoms with Gasteiger partial charge in [-0.15, -0.1) is 11.6 Å². The zero-order chi connectivity index (χ0) is 14.4. The van der Waals surface area contributed by atoms with Gasteiger partial charge in [0.05, 0.1) is 17.4 Å². The minimum atomic E-state index is -0.885. The summed E-state index contributed by atoms with van der Waals surface area (Å²) in [6.07, 6.45) is 0.891. The standard InChI is InChI=1S/C12H14ClNO5/c1-19-11-6-5-8(7-10(11)14(17)18)9(13)3-2-4-12(15)16/h5-7,9H,2-4H2,1H3,(H,15,16). The van der Waals surface area contributed by atoms with Crippen LogP contribution in [0.1, 0.15) is 30.2 Å². The van der Waals surface area contributed by atoms with Crippen LogP contribution in [-0.4, -0.2) is 23.1 Å². The molecule has 0 aliphatic heterocycles. The first-order valence-electron chi connectivity index (χ1n) is 5.64. The number of alkyl halides is 1. The molecule has 1 rings (SSSR count). The quantitative estimate of drug-likeness (QED) is 0.473. The molecular weight excluding hydrogens is 274 g/mol. The summed E-state index contributed by atoms with van der Waals surface area (Å²) in [5.41, 5.74) is 0.434. The number of ether oxygens (including phenoxy) is 1. The number of carbonyl (C=O) groups is 1. The molecule has 0 aliphatic rings. The zero-order valence-corrected chi connectivity index (χ0v) is 11.1. The molecule has 0 saturated carbocycles. The number of carboxylic acid groups (broad SMARTS) is 1. The van der Waals surface area contributed by atoms with E-state index >= 15 is 0 Å². The van der Waals surface area contributed by atoms with Gasteiger partial charge < -0.3 is 9.84 Å². The van der Waals surface area contributed by atoms with Crippen LogP contribution in [0.4, 0.5) is 5.69 Å². The third-order valence-corrected chi connectivity index (χ3v) is 3.08. The van der Waals surface area contributed by atoms with Crippen molar-refractivity contribution < 1.29 is 19.6 Å². The second kappa shape index (κ2) is 6.94. The molecule has 0 spiro atoms. The Bertz CT molecular complexity index is 477. The van der Waals surface area contributed by atoms with Gasteiger partial charge in [0.15, 0.2) is 5.75 Å². The van der Waals surface area contributed by atoms with Crippen molar-refractivity contribution in [3.05, 3.63) is 33.9 Å². The van der Waals surface area contributed by atoms with E-state index in [1.165, 1.54) is 19.2 Å². The van der Waals surface area contributed by atoms with E-state index in [1.807, 2.05) is 0 Å². The average Bonchev–Trinajstić information content (AvgIpc) is 2.37. The molecule has 0 fully saturated rings. The van der Waals surface area contributed by atoms with Gasteiger partial charge in [-0.2, -0.15) is 0 Å². The molecule has 1 aromatic carbocycles. The second-order valence-electron chi connectivity index (χ2n) is 3.94. The molecule has 0 bridgehead atoms. The predicted octanol–water partition coefficient (Wildman–Crippen LogP) is 3.14. The molecule has 1 N–H and O–H groups in total. The van der Waals surface area contributed by atoms with Crippen molar-refractivity contribution in [3.8, 4) is 5.75 Å². The number of benzene rings is 1. The van der Waals surface area contributed by atoms with Crippen molar-refractivity contribution in [1.29, 1.82) is 0 Å². The third kappa shape index (κ3) is 4.40. The lowest BCUT2D eigenvalue weighted by Crippen LogP contribution is -1.99. The highest BCUT2D eigenvalue weighted by atomic mass is 35.5. The van der Waals surface area contributed by atoms with Crippen LogP contribution in [0.15, 0.2) is 18.2 Å². The van der Waals surface area contributed by atoms with Crippen molar-refractivity contribution in [2.45, 2.75) is 24.6 Å². The monoisotopic (exact) mass is 287 g/mol. The Morgan fingerprint density at radius 1 is 1.58 bits per heavy atom. The maximum atomic E-state index is 10.9. The summed E-state index contributed by atoms with van der Waals surface area (Å²) < 4.78 is 4.89. The molecule has 0 amide bonds. The van der Waals surface area contributed by atoms with Crippen LogP contribution in [0.25, 0.3) is 0 Å². The van der Waals surface area contributed by atoms with Gasteiger partial charge in [-0.3, -0.25) is 14.9 Å². The summed E-state index contributed by atoms with van der Waals surface area (Å²) in [6, 6.07) is 4.49. The first kappa shape index (κ1) is 15.2. The topological polar surface area (TPSA) is 89.7 Å². The zero-order valence-electron chi connectivity index (χ0n) is 10.3. The van der Waals surface area contributed by atoms with Crippen molar-refractivity contribution in [2.75, 3.05) is 7.11 Å². The van der Waals surface area contributed by atoms with E-state index in [0.717, 1.165) is 0 Å². The summed E-state index contributed by atoms with van der Waals surface area (Å²) in [4.78, 5) is 20.7. The summed E-state index contributed by atoms with van der Waals surface area (Å²) in [7, 11) is 1.35. The van der Waals surface area contributed by atoms with Crippen LogP contribution in [0.3, 0.4) is 0 Å². The molecule has 0 radical (unpaired) electrons. The van der Waals surface area contributed by atoms with E-state index in [0.29, 0.717) is 18.4 Å². The Labute approximate surface area is 115 Å². The molecule has 6 nitrogen and oxygen atoms in total. The molecule has 1 unspecified atom stereocenters. The molecule has 1 atom stereocenters. The first-order chi connectivity index (χ1) is 8.95. The number of nitrogens with zero attached hydrogens (tertiary/aromatic N) is 1. The van der Waals surface area contributed by atoms with Crippen LogP contribution in [-0.2, 0) is 4.79 Å². The molecule has 19 heavy (non-hydrogen) atoms. The van der Waals surface area contributed by atoms with Gasteiger partial charge in [-0.1, -0.05) is 6.07 Å². The largest absolute Gasteiger partial charge is 0.490 e. The van der Waals surface area contributed by atoms with E-state index in [4.69, 9.17) is 21.4 Å². The highest BCUT2D eigenvalue weighted by molar-refractivity contribution is 6.20. The Balaban J connectivity index is 2.80. The lowest BCUT2D eigenvalue weighted by molar-refractivity contribution is -0.385. The summed E-state index contributed by atoms with van der Waals surface area (Å²) in [5.74, 6) is -0.715. The fourth-order valence-electron chi connectivity index (χ4n) is 1.64. The van der Waals surface area contributed by atoms with Crippen molar-refractivity contribution in [3.63, 3.8) is 0 Å². The molecule has 0 aromatic heterocycles. The highest BCUT2D eigenvalue weighted by Gasteiger charge is 2.18. The molecule has 104 valence electrons. The number of halogens is 1. The summed E-state index contributed by atoms with van der Waals surface area (Å²) in [5, 5.41) is 18.9. The van der Waals surface area contributed by atoms with E-state index in [-0.39, 0.29) is 17.9 Å². The number of carboxylic acids is 1. The van der Waals surface area contributed by atoms with Gasteiger partial charge in [0.1, 0.15) is 0 Å². The van der Waals surface area contributed by atoms with Crippen molar-refractivity contribution >= 4 is 23.3 Å². The molecule has 7 heteroatoms. The number of hydrogen-bond acceptors (Lipinski definition) is 4. The fourth-order valence-corrected chi connectivity index (χ4v) is 1.93. The van der Waals surface area contributed by atoms with Gasteiger partial charge in [-0.25, -0.2) is 0 Å². The SMILES string of the molecule is COc1ccc(C(Cl)CCCC(=O)O)cc1[N+](=O)[O-]. The second-order valence-corrected chi connectivity index (χ2v) is 4.47. The minimum Gasteiger partial charge on any atom is -0.490 e. The number of rotatable bonds is 7. The predicted molar refractivity (Wildman–Crippen MR) is 69.7 cm³/mol. The third-order valence-electron chi connectivity index (χ3n) is 2.61. The molecular formula is C12H14ClNO5. The Kier molecular flexibility index (Phi) is 5.57. The maximum absolute atomic E-state index is 10.9. The summed E-state index contributed by atoms with van der Waals surface area (Å²) >= 11 is 6.11. The van der Waals surface area contributed by atoms with E-state index < -0.39 is 16.3 Å². The molecule has 0 heterocycles. The molecule has 1 aromatic rings.